The van der Waals surface area contributed by atoms with E-state index in [4.69, 9.17) is 0 Å². The molecule has 0 bridgehead atoms. The second-order valence-electron chi connectivity index (χ2n) is 8.78. The van der Waals surface area contributed by atoms with Crippen LogP contribution in [0.25, 0.3) is 11.1 Å². The molecule has 0 aliphatic carbocycles. The highest BCUT2D eigenvalue weighted by molar-refractivity contribution is 5.94. The maximum Gasteiger partial charge on any atom is 0.573 e. The van der Waals surface area contributed by atoms with Gasteiger partial charge in [0.1, 0.15) is 5.75 Å². The topological polar surface area (TPSA) is 70.7 Å². The number of alkyl halides is 3. The molecule has 9 heteroatoms. The van der Waals surface area contributed by atoms with E-state index < -0.39 is 6.36 Å². The third kappa shape index (κ3) is 5.79. The first-order valence-corrected chi connectivity index (χ1v) is 11.4. The number of fused-ring (bicyclic) bond motifs is 1. The molecule has 2 unspecified atom stereocenters. The summed E-state index contributed by atoms with van der Waals surface area (Å²) in [4.78, 5) is 25.7. The van der Waals surface area contributed by atoms with Crippen LogP contribution in [0.5, 0.6) is 5.75 Å². The normalized spacial score (nSPS) is 17.2. The fourth-order valence-corrected chi connectivity index (χ4v) is 4.59. The summed E-state index contributed by atoms with van der Waals surface area (Å²) in [6, 6.07) is 18.6. The summed E-state index contributed by atoms with van der Waals surface area (Å²) >= 11 is 0. The van der Waals surface area contributed by atoms with Gasteiger partial charge in [0.25, 0.3) is 0 Å². The highest BCUT2D eigenvalue weighted by atomic mass is 19.4. The largest absolute Gasteiger partial charge is 0.573 e. The zero-order valence-corrected chi connectivity index (χ0v) is 20.0. The number of nitrogens with zero attached hydrogens (tertiary/aromatic N) is 1. The van der Waals surface area contributed by atoms with E-state index in [0.717, 1.165) is 22.4 Å². The van der Waals surface area contributed by atoms with Crippen LogP contribution in [-0.2, 0) is 9.59 Å². The molecular weight excluding hydrogens is 471 g/mol. The van der Waals surface area contributed by atoms with Gasteiger partial charge >= 0.3 is 6.36 Å². The number of amides is 2. The first kappa shape index (κ1) is 25.1. The van der Waals surface area contributed by atoms with E-state index >= 15 is 0 Å². The number of anilines is 3. The standard InChI is InChI=1S/C27H26F3N3O3/c1-16-13-25(32-21-8-10-23(11-9-21)36-27(28,29)30)24-15-20(7-12-26(24)33(16)18(3)35)19-5-4-6-22(14-19)31-17(2)34/h4-12,14-16,25,32H,13H2,1-3H3,(H,31,34). The van der Waals surface area contributed by atoms with Crippen molar-refractivity contribution in [3.63, 3.8) is 0 Å². The van der Waals surface area contributed by atoms with E-state index in [9.17, 15) is 22.8 Å². The van der Waals surface area contributed by atoms with Gasteiger partial charge in [-0.15, -0.1) is 13.2 Å². The van der Waals surface area contributed by atoms with Crippen molar-refractivity contribution in [1.29, 1.82) is 0 Å². The van der Waals surface area contributed by atoms with Crippen LogP contribution in [0.4, 0.5) is 30.2 Å². The molecule has 6 nitrogen and oxygen atoms in total. The Balaban J connectivity index is 1.68. The molecule has 2 atom stereocenters. The third-order valence-electron chi connectivity index (χ3n) is 5.96. The summed E-state index contributed by atoms with van der Waals surface area (Å²) in [6.45, 7) is 4.93. The Kier molecular flexibility index (Phi) is 6.92. The van der Waals surface area contributed by atoms with Crippen LogP contribution in [-0.4, -0.2) is 24.2 Å². The Morgan fingerprint density at radius 3 is 2.28 bits per heavy atom. The van der Waals surface area contributed by atoms with Crippen LogP contribution >= 0.6 is 0 Å². The maximum absolute atomic E-state index is 12.5. The summed E-state index contributed by atoms with van der Waals surface area (Å²) < 4.78 is 41.5. The molecule has 3 aromatic rings. The molecule has 2 N–H and O–H groups in total. The molecule has 1 aliphatic rings. The van der Waals surface area contributed by atoms with Gasteiger partial charge in [0.2, 0.25) is 11.8 Å². The summed E-state index contributed by atoms with van der Waals surface area (Å²) in [5.74, 6) is -0.537. The molecule has 36 heavy (non-hydrogen) atoms. The number of carbonyl (C=O) groups excluding carboxylic acids is 2. The van der Waals surface area contributed by atoms with Crippen LogP contribution in [0.1, 0.15) is 38.8 Å². The molecular formula is C27H26F3N3O3. The molecule has 2 amide bonds. The predicted molar refractivity (Wildman–Crippen MR) is 133 cm³/mol. The highest BCUT2D eigenvalue weighted by Crippen LogP contribution is 2.41. The van der Waals surface area contributed by atoms with E-state index in [1.54, 1.807) is 11.0 Å². The van der Waals surface area contributed by atoms with Crippen molar-refractivity contribution in [3.05, 3.63) is 72.3 Å². The zero-order valence-electron chi connectivity index (χ0n) is 20.0. The second-order valence-corrected chi connectivity index (χ2v) is 8.78. The van der Waals surface area contributed by atoms with E-state index in [2.05, 4.69) is 15.4 Å². The van der Waals surface area contributed by atoms with Gasteiger partial charge in [-0.25, -0.2) is 0 Å². The number of halogens is 3. The number of nitrogens with one attached hydrogen (secondary N) is 2. The van der Waals surface area contributed by atoms with Crippen molar-refractivity contribution in [1.82, 2.24) is 0 Å². The average Bonchev–Trinajstić information content (AvgIpc) is 2.78. The zero-order chi connectivity index (χ0) is 26.0. The van der Waals surface area contributed by atoms with E-state index in [1.807, 2.05) is 43.3 Å². The number of rotatable bonds is 5. The molecule has 0 saturated heterocycles. The minimum Gasteiger partial charge on any atom is -0.406 e. The second kappa shape index (κ2) is 9.93. The average molecular weight is 498 g/mol. The minimum absolute atomic E-state index is 0.0729. The molecule has 0 fully saturated rings. The molecule has 0 spiro atoms. The van der Waals surface area contributed by atoms with Crippen molar-refractivity contribution in [2.24, 2.45) is 0 Å². The number of hydrogen-bond acceptors (Lipinski definition) is 4. The quantitative estimate of drug-likeness (QED) is 0.422. The summed E-state index contributed by atoms with van der Waals surface area (Å²) in [5.41, 5.74) is 4.76. The van der Waals surface area contributed by atoms with Crippen LogP contribution in [0.15, 0.2) is 66.7 Å². The van der Waals surface area contributed by atoms with Crippen LogP contribution in [0, 0.1) is 0 Å². The lowest BCUT2D eigenvalue weighted by Crippen LogP contribution is -2.43. The first-order valence-electron chi connectivity index (χ1n) is 11.4. The summed E-state index contributed by atoms with van der Waals surface area (Å²) in [5, 5.41) is 6.18. The monoisotopic (exact) mass is 497 g/mol. The number of hydrogen-bond donors (Lipinski definition) is 2. The van der Waals surface area contributed by atoms with Crippen LogP contribution in [0.3, 0.4) is 0 Å². The third-order valence-corrected chi connectivity index (χ3v) is 5.96. The SMILES string of the molecule is CC(=O)Nc1cccc(-c2ccc3c(c2)C(Nc2ccc(OC(F)(F)F)cc2)CC(C)N3C(C)=O)c1. The summed E-state index contributed by atoms with van der Waals surface area (Å²) in [6.07, 6.45) is -4.15. The van der Waals surface area contributed by atoms with E-state index in [0.29, 0.717) is 17.8 Å². The Hall–Kier alpha value is -4.01. The Morgan fingerprint density at radius 2 is 1.64 bits per heavy atom. The molecule has 1 aliphatic heterocycles. The minimum atomic E-state index is -4.75. The summed E-state index contributed by atoms with van der Waals surface area (Å²) in [7, 11) is 0. The first-order chi connectivity index (χ1) is 17.0. The lowest BCUT2D eigenvalue weighted by Gasteiger charge is -2.39. The molecule has 3 aromatic carbocycles. The molecule has 0 aromatic heterocycles. The number of carbonyl (C=O) groups is 2. The molecule has 4 rings (SSSR count). The van der Waals surface area contributed by atoms with Crippen molar-refractivity contribution < 1.29 is 27.5 Å². The highest BCUT2D eigenvalue weighted by Gasteiger charge is 2.33. The number of ether oxygens (including phenoxy) is 1. The molecule has 188 valence electrons. The van der Waals surface area contributed by atoms with Crippen molar-refractivity contribution in [3.8, 4) is 16.9 Å². The Morgan fingerprint density at radius 1 is 0.944 bits per heavy atom. The van der Waals surface area contributed by atoms with E-state index in [-0.39, 0.29) is 29.6 Å². The maximum atomic E-state index is 12.5. The van der Waals surface area contributed by atoms with Gasteiger partial charge in [0, 0.05) is 37.0 Å². The molecule has 1 heterocycles. The predicted octanol–water partition coefficient (Wildman–Crippen LogP) is 6.51. The molecule has 0 saturated carbocycles. The van der Waals surface area contributed by atoms with Crippen molar-refractivity contribution in [2.45, 2.75) is 45.6 Å². The van der Waals surface area contributed by atoms with Crippen molar-refractivity contribution in [2.75, 3.05) is 15.5 Å². The lowest BCUT2D eigenvalue weighted by molar-refractivity contribution is -0.274. The van der Waals surface area contributed by atoms with Gasteiger partial charge in [-0.05, 0) is 78.6 Å². The fraction of sp³-hybridized carbons (Fsp3) is 0.259. The van der Waals surface area contributed by atoms with E-state index in [1.165, 1.54) is 38.1 Å². The van der Waals surface area contributed by atoms with Gasteiger partial charge < -0.3 is 20.3 Å². The Bertz CT molecular complexity index is 1280. The van der Waals surface area contributed by atoms with Crippen LogP contribution in [0.2, 0.25) is 0 Å². The van der Waals surface area contributed by atoms with Gasteiger partial charge in [-0.2, -0.15) is 0 Å². The fourth-order valence-electron chi connectivity index (χ4n) is 4.59. The Labute approximate surface area is 207 Å². The molecule has 0 radical (unpaired) electrons. The lowest BCUT2D eigenvalue weighted by atomic mass is 9.89. The van der Waals surface area contributed by atoms with Gasteiger partial charge in [-0.1, -0.05) is 18.2 Å². The van der Waals surface area contributed by atoms with Gasteiger partial charge in [-0.3, -0.25) is 9.59 Å². The van der Waals surface area contributed by atoms with Gasteiger partial charge in [0.15, 0.2) is 0 Å². The van der Waals surface area contributed by atoms with Gasteiger partial charge in [0.05, 0.1) is 6.04 Å². The number of benzene rings is 3. The smallest absolute Gasteiger partial charge is 0.406 e. The van der Waals surface area contributed by atoms with Crippen LogP contribution < -0.4 is 20.3 Å². The van der Waals surface area contributed by atoms with Crippen molar-refractivity contribution >= 4 is 28.9 Å².